The van der Waals surface area contributed by atoms with Gasteiger partial charge in [-0.3, -0.25) is 0 Å². The first-order valence-corrected chi connectivity index (χ1v) is 11.0. The molecule has 166 valence electrons. The zero-order chi connectivity index (χ0) is 22.8. The fraction of sp³-hybridized carbons (Fsp3) is 0.250. The van der Waals surface area contributed by atoms with Crippen molar-refractivity contribution in [2.45, 2.75) is 24.0 Å². The molecule has 2 N–H and O–H groups in total. The van der Waals surface area contributed by atoms with Crippen LogP contribution in [0.25, 0.3) is 0 Å². The molecule has 0 saturated carbocycles. The molecule has 1 heterocycles. The molecule has 11 heteroatoms. The summed E-state index contributed by atoms with van der Waals surface area (Å²) in [6.45, 7) is 1.72. The van der Waals surface area contributed by atoms with Gasteiger partial charge in [-0.25, -0.2) is 31.3 Å². The van der Waals surface area contributed by atoms with Gasteiger partial charge in [0.1, 0.15) is 11.6 Å². The van der Waals surface area contributed by atoms with Gasteiger partial charge >= 0.3 is 0 Å². The van der Waals surface area contributed by atoms with Gasteiger partial charge in [0.2, 0.25) is 0 Å². The van der Waals surface area contributed by atoms with Crippen molar-refractivity contribution in [3.8, 4) is 0 Å². The minimum Gasteiger partial charge on any atom is -0.380 e. The minimum atomic E-state index is -3.96. The van der Waals surface area contributed by atoms with Crippen LogP contribution >= 0.6 is 11.6 Å². The van der Waals surface area contributed by atoms with Crippen molar-refractivity contribution in [2.75, 3.05) is 13.7 Å². The maximum absolute atomic E-state index is 13.9. The molecule has 0 aliphatic heterocycles. The number of methoxy groups -OCH3 is 1. The van der Waals surface area contributed by atoms with Gasteiger partial charge < -0.3 is 9.72 Å². The summed E-state index contributed by atoms with van der Waals surface area (Å²) in [7, 11) is -2.51. The second kappa shape index (κ2) is 9.39. The average molecular weight is 474 g/mol. The van der Waals surface area contributed by atoms with Crippen LogP contribution in [-0.2, 0) is 14.8 Å². The number of H-pyrrole nitrogens is 1. The van der Waals surface area contributed by atoms with Gasteiger partial charge in [0, 0.05) is 19.9 Å². The van der Waals surface area contributed by atoms with Crippen LogP contribution in [0.2, 0.25) is 5.02 Å². The van der Waals surface area contributed by atoms with Crippen LogP contribution in [0.1, 0.15) is 29.8 Å². The maximum atomic E-state index is 13.9. The van der Waals surface area contributed by atoms with Gasteiger partial charge in [0.25, 0.3) is 10.0 Å². The van der Waals surface area contributed by atoms with E-state index in [1.54, 1.807) is 6.92 Å². The highest BCUT2D eigenvalue weighted by molar-refractivity contribution is 7.89. The fourth-order valence-electron chi connectivity index (χ4n) is 2.88. The number of benzene rings is 2. The average Bonchev–Trinajstić information content (AvgIpc) is 3.22. The summed E-state index contributed by atoms with van der Waals surface area (Å²) < 4.78 is 73.5. The third kappa shape index (κ3) is 5.27. The fourth-order valence-corrected chi connectivity index (χ4v) is 4.10. The Kier molecular flexibility index (Phi) is 7.05. The molecule has 0 radical (unpaired) electrons. The second-order valence-corrected chi connectivity index (χ2v) is 8.92. The number of nitrogens with zero attached hydrogens (tertiary/aromatic N) is 1. The molecule has 0 aliphatic carbocycles. The lowest BCUT2D eigenvalue weighted by atomic mass is 9.90. The Bertz CT molecular complexity index is 1140. The van der Waals surface area contributed by atoms with Crippen LogP contribution in [0.4, 0.5) is 13.2 Å². The monoisotopic (exact) mass is 473 g/mol. The summed E-state index contributed by atoms with van der Waals surface area (Å²) in [5.41, 5.74) is 0.664. The number of imidazole rings is 1. The Morgan fingerprint density at radius 3 is 2.35 bits per heavy atom. The number of rotatable bonds is 8. The number of ether oxygens (including phenoxy) is 1. The predicted molar refractivity (Wildman–Crippen MR) is 109 cm³/mol. The summed E-state index contributed by atoms with van der Waals surface area (Å²) in [4.78, 5) is 6.91. The van der Waals surface area contributed by atoms with Crippen molar-refractivity contribution in [3.05, 3.63) is 82.0 Å². The molecule has 0 amide bonds. The van der Waals surface area contributed by atoms with Crippen LogP contribution in [0.5, 0.6) is 0 Å². The smallest absolute Gasteiger partial charge is 0.259 e. The van der Waals surface area contributed by atoms with Gasteiger partial charge in [-0.2, -0.15) is 0 Å². The highest BCUT2D eigenvalue weighted by Crippen LogP contribution is 2.33. The van der Waals surface area contributed by atoms with Crippen molar-refractivity contribution in [3.63, 3.8) is 0 Å². The Labute approximate surface area is 182 Å². The van der Waals surface area contributed by atoms with Gasteiger partial charge in [-0.1, -0.05) is 23.7 Å². The third-order valence-corrected chi connectivity index (χ3v) is 6.24. The summed E-state index contributed by atoms with van der Waals surface area (Å²) >= 11 is 5.89. The molecule has 2 atom stereocenters. The lowest BCUT2D eigenvalue weighted by Gasteiger charge is -2.17. The molecule has 0 aliphatic rings. The summed E-state index contributed by atoms with van der Waals surface area (Å²) in [5.74, 6) is -3.54. The molecule has 3 aromatic rings. The lowest BCUT2D eigenvalue weighted by molar-refractivity contribution is 0.122. The molecule has 0 spiro atoms. The SMILES string of the molecule is COC(C)CNS(=O)(=O)c1c[nH]c(C(c2ccc(F)c(F)c2)c2ccc(F)c(Cl)c2)n1. The van der Waals surface area contributed by atoms with Crippen molar-refractivity contribution in [1.82, 2.24) is 14.7 Å². The van der Waals surface area contributed by atoms with E-state index in [1.807, 2.05) is 0 Å². The highest BCUT2D eigenvalue weighted by atomic mass is 35.5. The van der Waals surface area contributed by atoms with E-state index >= 15 is 0 Å². The minimum absolute atomic E-state index is 0.0290. The number of aromatic nitrogens is 2. The van der Waals surface area contributed by atoms with E-state index in [1.165, 1.54) is 31.5 Å². The van der Waals surface area contributed by atoms with Crippen molar-refractivity contribution >= 4 is 21.6 Å². The molecule has 0 bridgehead atoms. The van der Waals surface area contributed by atoms with Gasteiger partial charge in [0.15, 0.2) is 16.7 Å². The third-order valence-electron chi connectivity index (χ3n) is 4.64. The van der Waals surface area contributed by atoms with Crippen molar-refractivity contribution < 1.29 is 26.3 Å². The summed E-state index contributed by atoms with van der Waals surface area (Å²) in [5, 5.41) is -0.480. The van der Waals surface area contributed by atoms with Crippen LogP contribution in [-0.4, -0.2) is 38.1 Å². The van der Waals surface area contributed by atoms with Crippen LogP contribution in [0, 0.1) is 17.5 Å². The molecule has 1 aromatic heterocycles. The van der Waals surface area contributed by atoms with Crippen LogP contribution < -0.4 is 4.72 Å². The lowest BCUT2D eigenvalue weighted by Crippen LogP contribution is -2.31. The van der Waals surface area contributed by atoms with Crippen LogP contribution in [0.15, 0.2) is 47.6 Å². The first-order chi connectivity index (χ1) is 14.6. The largest absolute Gasteiger partial charge is 0.380 e. The van der Waals surface area contributed by atoms with E-state index in [9.17, 15) is 21.6 Å². The van der Waals surface area contributed by atoms with Crippen molar-refractivity contribution in [2.24, 2.45) is 0 Å². The predicted octanol–water partition coefficient (Wildman–Crippen LogP) is 3.97. The molecule has 31 heavy (non-hydrogen) atoms. The summed E-state index contributed by atoms with van der Waals surface area (Å²) in [6.07, 6.45) is 0.817. The Morgan fingerprint density at radius 2 is 1.74 bits per heavy atom. The Hall–Kier alpha value is -2.40. The van der Waals surface area contributed by atoms with E-state index in [0.29, 0.717) is 5.56 Å². The van der Waals surface area contributed by atoms with Gasteiger partial charge in [0.05, 0.1) is 17.0 Å². The number of hydrogen-bond acceptors (Lipinski definition) is 4. The van der Waals surface area contributed by atoms with Crippen LogP contribution in [0.3, 0.4) is 0 Å². The Morgan fingerprint density at radius 1 is 1.10 bits per heavy atom. The molecule has 0 saturated heterocycles. The number of hydrogen-bond donors (Lipinski definition) is 2. The molecule has 2 aromatic carbocycles. The zero-order valence-electron chi connectivity index (χ0n) is 16.5. The van der Waals surface area contributed by atoms with E-state index in [0.717, 1.165) is 18.2 Å². The van der Waals surface area contributed by atoms with Gasteiger partial charge in [-0.15, -0.1) is 0 Å². The number of sulfonamides is 1. The van der Waals surface area contributed by atoms with E-state index in [4.69, 9.17) is 16.3 Å². The molecule has 0 fully saturated rings. The molecular formula is C20H19ClF3N3O3S. The van der Waals surface area contributed by atoms with E-state index in [2.05, 4.69) is 14.7 Å². The normalized spacial score (nSPS) is 13.9. The molecule has 6 nitrogen and oxygen atoms in total. The zero-order valence-corrected chi connectivity index (χ0v) is 18.1. The topological polar surface area (TPSA) is 84.1 Å². The number of aromatic amines is 1. The molecule has 2 unspecified atom stereocenters. The second-order valence-electron chi connectivity index (χ2n) is 6.80. The van der Waals surface area contributed by atoms with E-state index in [-0.39, 0.29) is 34.1 Å². The highest BCUT2D eigenvalue weighted by Gasteiger charge is 2.26. The summed E-state index contributed by atoms with van der Waals surface area (Å²) in [6, 6.07) is 7.08. The molecular weight excluding hydrogens is 455 g/mol. The number of nitrogens with one attached hydrogen (secondary N) is 2. The van der Waals surface area contributed by atoms with E-state index < -0.39 is 33.4 Å². The quantitative estimate of drug-likeness (QED) is 0.518. The molecule has 3 rings (SSSR count). The number of halogens is 4. The van der Waals surface area contributed by atoms with Crippen molar-refractivity contribution in [1.29, 1.82) is 0 Å². The first-order valence-electron chi connectivity index (χ1n) is 9.10. The first kappa shape index (κ1) is 23.3. The standard InChI is InChI=1S/C20H19ClF3N3O3S/c1-11(30-2)9-26-31(28,29)18-10-25-20(27-18)19(12-3-5-15(22)14(21)7-12)13-4-6-16(23)17(24)8-13/h3-8,10-11,19,26H,9H2,1-2H3,(H,25,27). The van der Waals surface area contributed by atoms with Gasteiger partial charge in [-0.05, 0) is 42.3 Å². The Balaban J connectivity index is 2.04. The maximum Gasteiger partial charge on any atom is 0.259 e.